The summed E-state index contributed by atoms with van der Waals surface area (Å²) in [4.78, 5) is 24.9. The summed E-state index contributed by atoms with van der Waals surface area (Å²) < 4.78 is 5.19. The number of methoxy groups -OCH3 is 1. The van der Waals surface area contributed by atoms with Gasteiger partial charge in [0.1, 0.15) is 5.75 Å². The number of nitrogens with zero attached hydrogens (tertiary/aromatic N) is 4. The molecule has 1 aromatic carbocycles. The van der Waals surface area contributed by atoms with Crippen LogP contribution in [-0.2, 0) is 4.79 Å². The molecule has 2 aromatic rings. The van der Waals surface area contributed by atoms with Crippen molar-refractivity contribution in [2.75, 3.05) is 50.1 Å². The molecule has 0 bridgehead atoms. The molecule has 0 spiro atoms. The minimum atomic E-state index is 0.170. The first-order valence-corrected chi connectivity index (χ1v) is 8.44. The largest absolute Gasteiger partial charge is 0.497 e. The summed E-state index contributed by atoms with van der Waals surface area (Å²) in [5.41, 5.74) is 0.957. The van der Waals surface area contributed by atoms with Crippen molar-refractivity contribution < 1.29 is 9.53 Å². The summed E-state index contributed by atoms with van der Waals surface area (Å²) in [5, 5.41) is 3.27. The van der Waals surface area contributed by atoms with Gasteiger partial charge < -0.3 is 19.9 Å². The Balaban J connectivity index is 1.42. The molecule has 25 heavy (non-hydrogen) atoms. The lowest BCUT2D eigenvalue weighted by molar-refractivity contribution is -0.131. The maximum atomic E-state index is 12.4. The van der Waals surface area contributed by atoms with Gasteiger partial charge in [-0.25, -0.2) is 9.97 Å². The van der Waals surface area contributed by atoms with Crippen LogP contribution in [0.2, 0.25) is 0 Å². The Hall–Kier alpha value is -2.83. The number of carbonyl (C=O) groups excluding carboxylic acids is 1. The topological polar surface area (TPSA) is 70.6 Å². The van der Waals surface area contributed by atoms with Crippen LogP contribution in [0, 0.1) is 0 Å². The third-order valence-electron chi connectivity index (χ3n) is 4.21. The smallest absolute Gasteiger partial charge is 0.225 e. The van der Waals surface area contributed by atoms with Crippen molar-refractivity contribution in [1.29, 1.82) is 0 Å². The Kier molecular flexibility index (Phi) is 5.66. The number of nitrogens with one attached hydrogen (secondary N) is 1. The summed E-state index contributed by atoms with van der Waals surface area (Å²) in [6.45, 7) is 3.54. The van der Waals surface area contributed by atoms with Crippen LogP contribution in [0.1, 0.15) is 6.42 Å². The van der Waals surface area contributed by atoms with Crippen molar-refractivity contribution in [3.05, 3.63) is 42.7 Å². The lowest BCUT2D eigenvalue weighted by Crippen LogP contribution is -2.49. The van der Waals surface area contributed by atoms with E-state index in [-0.39, 0.29) is 5.91 Å². The highest BCUT2D eigenvalue weighted by molar-refractivity contribution is 5.77. The van der Waals surface area contributed by atoms with Gasteiger partial charge in [-0.05, 0) is 18.2 Å². The van der Waals surface area contributed by atoms with E-state index in [1.54, 1.807) is 25.6 Å². The highest BCUT2D eigenvalue weighted by Crippen LogP contribution is 2.16. The molecule has 1 fully saturated rings. The van der Waals surface area contributed by atoms with E-state index in [4.69, 9.17) is 4.74 Å². The first-order chi connectivity index (χ1) is 12.3. The molecule has 0 saturated carbocycles. The van der Waals surface area contributed by atoms with Crippen LogP contribution in [0.3, 0.4) is 0 Å². The number of amides is 1. The monoisotopic (exact) mass is 341 g/mol. The molecular weight excluding hydrogens is 318 g/mol. The number of rotatable bonds is 6. The Morgan fingerprint density at radius 3 is 2.64 bits per heavy atom. The summed E-state index contributed by atoms with van der Waals surface area (Å²) in [7, 11) is 1.64. The minimum Gasteiger partial charge on any atom is -0.497 e. The molecule has 0 atom stereocenters. The average Bonchev–Trinajstić information content (AvgIpc) is 2.69. The molecule has 132 valence electrons. The van der Waals surface area contributed by atoms with E-state index >= 15 is 0 Å². The average molecular weight is 341 g/mol. The van der Waals surface area contributed by atoms with Crippen molar-refractivity contribution >= 4 is 17.5 Å². The fraction of sp³-hybridized carbons (Fsp3) is 0.389. The van der Waals surface area contributed by atoms with Crippen molar-refractivity contribution in [1.82, 2.24) is 14.9 Å². The fourth-order valence-corrected chi connectivity index (χ4v) is 2.82. The number of ether oxygens (including phenoxy) is 1. The number of benzene rings is 1. The van der Waals surface area contributed by atoms with Crippen molar-refractivity contribution in [2.24, 2.45) is 0 Å². The second-order valence-corrected chi connectivity index (χ2v) is 5.83. The van der Waals surface area contributed by atoms with Crippen LogP contribution in [0.5, 0.6) is 5.75 Å². The fourth-order valence-electron chi connectivity index (χ4n) is 2.82. The van der Waals surface area contributed by atoms with Gasteiger partial charge >= 0.3 is 0 Å². The lowest BCUT2D eigenvalue weighted by Gasteiger charge is -2.34. The number of aromatic nitrogens is 2. The molecule has 7 nitrogen and oxygen atoms in total. The summed E-state index contributed by atoms with van der Waals surface area (Å²) in [6.07, 6.45) is 3.95. The van der Waals surface area contributed by atoms with Crippen LogP contribution in [-0.4, -0.2) is 60.6 Å². The standard InChI is InChI=1S/C18H23N5O2/c1-25-16-5-2-4-15(14-16)19-9-6-17(24)22-10-12-23(13-11-22)18-20-7-3-8-21-18/h2-5,7-8,14,19H,6,9-13H2,1H3. The van der Waals surface area contributed by atoms with E-state index in [1.807, 2.05) is 29.2 Å². The van der Waals surface area contributed by atoms with E-state index in [1.165, 1.54) is 0 Å². The molecule has 2 heterocycles. The Morgan fingerprint density at radius 2 is 1.92 bits per heavy atom. The van der Waals surface area contributed by atoms with E-state index < -0.39 is 0 Å². The van der Waals surface area contributed by atoms with E-state index in [2.05, 4.69) is 20.2 Å². The van der Waals surface area contributed by atoms with Gasteiger partial charge in [0.05, 0.1) is 7.11 Å². The first-order valence-electron chi connectivity index (χ1n) is 8.44. The predicted octanol–water partition coefficient (Wildman–Crippen LogP) is 1.64. The summed E-state index contributed by atoms with van der Waals surface area (Å²) >= 11 is 0. The second kappa shape index (κ2) is 8.32. The quantitative estimate of drug-likeness (QED) is 0.861. The predicted molar refractivity (Wildman–Crippen MR) is 96.9 cm³/mol. The summed E-state index contributed by atoms with van der Waals surface area (Å²) in [6, 6.07) is 9.51. The first kappa shape index (κ1) is 17.0. The summed E-state index contributed by atoms with van der Waals surface area (Å²) in [5.74, 6) is 1.70. The number of hydrogen-bond acceptors (Lipinski definition) is 6. The molecule has 1 saturated heterocycles. The zero-order chi connectivity index (χ0) is 17.5. The van der Waals surface area contributed by atoms with Crippen LogP contribution >= 0.6 is 0 Å². The molecular formula is C18H23N5O2. The van der Waals surface area contributed by atoms with Crippen LogP contribution in [0.15, 0.2) is 42.7 Å². The number of carbonyl (C=O) groups is 1. The zero-order valence-corrected chi connectivity index (χ0v) is 14.4. The highest BCUT2D eigenvalue weighted by atomic mass is 16.5. The van der Waals surface area contributed by atoms with Crippen molar-refractivity contribution in [3.63, 3.8) is 0 Å². The molecule has 0 unspecified atom stereocenters. The molecule has 0 radical (unpaired) electrons. The molecule has 1 aromatic heterocycles. The number of piperazine rings is 1. The van der Waals surface area contributed by atoms with E-state index in [9.17, 15) is 4.79 Å². The SMILES string of the molecule is COc1cccc(NCCC(=O)N2CCN(c3ncccn3)CC2)c1. The molecule has 1 amide bonds. The lowest BCUT2D eigenvalue weighted by atomic mass is 10.2. The van der Waals surface area contributed by atoms with Crippen molar-refractivity contribution in [3.8, 4) is 5.75 Å². The molecule has 1 aliphatic rings. The van der Waals surface area contributed by atoms with Gasteiger partial charge in [-0.1, -0.05) is 6.07 Å². The zero-order valence-electron chi connectivity index (χ0n) is 14.4. The Bertz CT molecular complexity index is 687. The van der Waals surface area contributed by atoms with Crippen LogP contribution < -0.4 is 15.0 Å². The Labute approximate surface area is 147 Å². The van der Waals surface area contributed by atoms with E-state index in [0.29, 0.717) is 26.1 Å². The molecule has 0 aliphatic carbocycles. The third kappa shape index (κ3) is 4.59. The van der Waals surface area contributed by atoms with Gasteiger partial charge in [0, 0.05) is 63.3 Å². The van der Waals surface area contributed by atoms with Crippen LogP contribution in [0.4, 0.5) is 11.6 Å². The van der Waals surface area contributed by atoms with Crippen molar-refractivity contribution in [2.45, 2.75) is 6.42 Å². The maximum absolute atomic E-state index is 12.4. The van der Waals surface area contributed by atoms with Gasteiger partial charge in [-0.2, -0.15) is 0 Å². The van der Waals surface area contributed by atoms with Gasteiger partial charge in [0.15, 0.2) is 0 Å². The molecule has 1 aliphatic heterocycles. The molecule has 1 N–H and O–H groups in total. The van der Waals surface area contributed by atoms with Gasteiger partial charge in [0.2, 0.25) is 11.9 Å². The number of hydrogen-bond donors (Lipinski definition) is 1. The van der Waals surface area contributed by atoms with Gasteiger partial charge in [-0.3, -0.25) is 4.79 Å². The molecule has 3 rings (SSSR count). The Morgan fingerprint density at radius 1 is 1.16 bits per heavy atom. The number of anilines is 2. The van der Waals surface area contributed by atoms with Gasteiger partial charge in [0.25, 0.3) is 0 Å². The highest BCUT2D eigenvalue weighted by Gasteiger charge is 2.21. The maximum Gasteiger partial charge on any atom is 0.225 e. The van der Waals surface area contributed by atoms with Gasteiger partial charge in [-0.15, -0.1) is 0 Å². The molecule has 7 heteroatoms. The van der Waals surface area contributed by atoms with Crippen LogP contribution in [0.25, 0.3) is 0 Å². The minimum absolute atomic E-state index is 0.170. The normalized spacial score (nSPS) is 14.3. The third-order valence-corrected chi connectivity index (χ3v) is 4.21. The van der Waals surface area contributed by atoms with E-state index in [0.717, 1.165) is 30.5 Å². The second-order valence-electron chi connectivity index (χ2n) is 5.83.